The lowest BCUT2D eigenvalue weighted by molar-refractivity contribution is -0.142. The largest absolute Gasteiger partial charge is 0.480 e. The standard InChI is InChI=1S/C12H13FN2O3/c1-14-6-10(12(17)18)15(11(16)7-14)9-4-2-3-8(13)5-9/h2-5,10H,6-7H2,1H3,(H,17,18). The first kappa shape index (κ1) is 12.5. The second-order valence-corrected chi connectivity index (χ2v) is 4.29. The summed E-state index contributed by atoms with van der Waals surface area (Å²) in [6.45, 7) is 0.345. The number of benzene rings is 1. The van der Waals surface area contributed by atoms with Gasteiger partial charge >= 0.3 is 5.97 Å². The van der Waals surface area contributed by atoms with E-state index in [-0.39, 0.29) is 24.7 Å². The first-order chi connectivity index (χ1) is 8.49. The number of carbonyl (C=O) groups is 2. The summed E-state index contributed by atoms with van der Waals surface area (Å²) in [5.74, 6) is -1.94. The van der Waals surface area contributed by atoms with Crippen molar-refractivity contribution in [2.75, 3.05) is 25.0 Å². The molecule has 1 N–H and O–H groups in total. The molecule has 2 rings (SSSR count). The fourth-order valence-electron chi connectivity index (χ4n) is 2.06. The molecule has 0 aromatic heterocycles. The van der Waals surface area contributed by atoms with Crippen molar-refractivity contribution >= 4 is 17.6 Å². The molecule has 0 spiro atoms. The first-order valence-electron chi connectivity index (χ1n) is 5.48. The molecular weight excluding hydrogens is 239 g/mol. The van der Waals surface area contributed by atoms with E-state index in [2.05, 4.69) is 0 Å². The highest BCUT2D eigenvalue weighted by Gasteiger charge is 2.36. The van der Waals surface area contributed by atoms with Crippen LogP contribution in [0.15, 0.2) is 24.3 Å². The summed E-state index contributed by atoms with van der Waals surface area (Å²) < 4.78 is 13.2. The molecule has 0 aliphatic carbocycles. The molecular formula is C12H13FN2O3. The quantitative estimate of drug-likeness (QED) is 0.835. The molecule has 0 radical (unpaired) electrons. The minimum Gasteiger partial charge on any atom is -0.480 e. The van der Waals surface area contributed by atoms with Gasteiger partial charge in [-0.15, -0.1) is 0 Å². The summed E-state index contributed by atoms with van der Waals surface area (Å²) in [6.07, 6.45) is 0. The summed E-state index contributed by atoms with van der Waals surface area (Å²) in [6, 6.07) is 4.41. The van der Waals surface area contributed by atoms with Gasteiger partial charge in [-0.2, -0.15) is 0 Å². The molecule has 1 aliphatic rings. The number of carboxylic acid groups (broad SMARTS) is 1. The summed E-state index contributed by atoms with van der Waals surface area (Å²) in [7, 11) is 1.68. The molecule has 1 amide bonds. The number of rotatable bonds is 2. The van der Waals surface area contributed by atoms with Crippen LogP contribution in [0.2, 0.25) is 0 Å². The van der Waals surface area contributed by atoms with Crippen LogP contribution in [-0.2, 0) is 9.59 Å². The molecule has 1 aromatic rings. The zero-order valence-electron chi connectivity index (χ0n) is 9.84. The minimum absolute atomic E-state index is 0.125. The molecule has 1 atom stereocenters. The van der Waals surface area contributed by atoms with E-state index >= 15 is 0 Å². The average molecular weight is 252 g/mol. The Morgan fingerprint density at radius 2 is 2.22 bits per heavy atom. The lowest BCUT2D eigenvalue weighted by Crippen LogP contribution is -2.58. The van der Waals surface area contributed by atoms with Crippen molar-refractivity contribution in [2.24, 2.45) is 0 Å². The highest BCUT2D eigenvalue weighted by atomic mass is 19.1. The van der Waals surface area contributed by atoms with E-state index in [1.807, 2.05) is 0 Å². The Kier molecular flexibility index (Phi) is 3.29. The molecule has 1 saturated heterocycles. The van der Waals surface area contributed by atoms with E-state index in [0.29, 0.717) is 0 Å². The molecule has 1 unspecified atom stereocenters. The van der Waals surface area contributed by atoms with Gasteiger partial charge in [-0.25, -0.2) is 9.18 Å². The van der Waals surface area contributed by atoms with Crippen LogP contribution in [0.5, 0.6) is 0 Å². The highest BCUT2D eigenvalue weighted by molar-refractivity contribution is 6.01. The third kappa shape index (κ3) is 2.33. The van der Waals surface area contributed by atoms with Crippen molar-refractivity contribution in [3.05, 3.63) is 30.1 Å². The number of anilines is 1. The monoisotopic (exact) mass is 252 g/mol. The number of nitrogens with zero attached hydrogens (tertiary/aromatic N) is 2. The van der Waals surface area contributed by atoms with Crippen molar-refractivity contribution in [3.63, 3.8) is 0 Å². The van der Waals surface area contributed by atoms with E-state index in [1.165, 1.54) is 24.3 Å². The molecule has 1 heterocycles. The number of aliphatic carboxylic acids is 1. The molecule has 0 bridgehead atoms. The lowest BCUT2D eigenvalue weighted by Gasteiger charge is -2.37. The van der Waals surface area contributed by atoms with Gasteiger partial charge in [0.15, 0.2) is 0 Å². The first-order valence-corrected chi connectivity index (χ1v) is 5.48. The highest BCUT2D eigenvalue weighted by Crippen LogP contribution is 2.22. The second-order valence-electron chi connectivity index (χ2n) is 4.29. The van der Waals surface area contributed by atoms with Crippen molar-refractivity contribution in [3.8, 4) is 0 Å². The fraction of sp³-hybridized carbons (Fsp3) is 0.333. The van der Waals surface area contributed by atoms with Crippen LogP contribution in [0.1, 0.15) is 0 Å². The fourth-order valence-corrected chi connectivity index (χ4v) is 2.06. The predicted octanol–water partition coefficient (Wildman–Crippen LogP) is 0.557. The summed E-state index contributed by atoms with van der Waals surface area (Å²) in [4.78, 5) is 25.9. The predicted molar refractivity (Wildman–Crippen MR) is 62.8 cm³/mol. The Morgan fingerprint density at radius 1 is 1.50 bits per heavy atom. The maximum Gasteiger partial charge on any atom is 0.328 e. The van der Waals surface area contributed by atoms with Gasteiger partial charge in [0.1, 0.15) is 11.9 Å². The number of amides is 1. The van der Waals surface area contributed by atoms with Crippen LogP contribution in [0, 0.1) is 5.82 Å². The Balaban J connectivity index is 2.38. The third-order valence-electron chi connectivity index (χ3n) is 2.84. The topological polar surface area (TPSA) is 60.9 Å². The molecule has 1 fully saturated rings. The molecule has 18 heavy (non-hydrogen) atoms. The number of carbonyl (C=O) groups excluding carboxylic acids is 1. The van der Waals surface area contributed by atoms with E-state index in [9.17, 15) is 14.0 Å². The molecule has 5 nitrogen and oxygen atoms in total. The van der Waals surface area contributed by atoms with Crippen LogP contribution < -0.4 is 4.90 Å². The summed E-state index contributed by atoms with van der Waals surface area (Å²) in [5.41, 5.74) is 0.278. The smallest absolute Gasteiger partial charge is 0.328 e. The van der Waals surface area contributed by atoms with Gasteiger partial charge in [0.25, 0.3) is 0 Å². The molecule has 96 valence electrons. The van der Waals surface area contributed by atoms with Crippen LogP contribution in [0.25, 0.3) is 0 Å². The maximum atomic E-state index is 13.2. The van der Waals surface area contributed by atoms with Crippen LogP contribution in [-0.4, -0.2) is 48.1 Å². The number of piperazine rings is 1. The Labute approximate surface area is 103 Å². The van der Waals surface area contributed by atoms with E-state index < -0.39 is 17.8 Å². The number of hydrogen-bond donors (Lipinski definition) is 1. The molecule has 0 saturated carbocycles. The van der Waals surface area contributed by atoms with Gasteiger partial charge in [0.05, 0.1) is 6.54 Å². The SMILES string of the molecule is CN1CC(=O)N(c2cccc(F)c2)C(C(=O)O)C1. The maximum absolute atomic E-state index is 13.2. The summed E-state index contributed by atoms with van der Waals surface area (Å²) in [5, 5.41) is 9.16. The van der Waals surface area contributed by atoms with Gasteiger partial charge in [0, 0.05) is 12.2 Å². The normalized spacial score (nSPS) is 21.1. The van der Waals surface area contributed by atoms with E-state index in [4.69, 9.17) is 5.11 Å². The Hall–Kier alpha value is -1.95. The van der Waals surface area contributed by atoms with Crippen molar-refractivity contribution < 1.29 is 19.1 Å². The number of likely N-dealkylation sites (N-methyl/N-ethyl adjacent to an activating group) is 1. The van der Waals surface area contributed by atoms with E-state index in [0.717, 1.165) is 4.90 Å². The lowest BCUT2D eigenvalue weighted by atomic mass is 10.1. The number of halogens is 1. The molecule has 1 aliphatic heterocycles. The van der Waals surface area contributed by atoms with Crippen LogP contribution in [0.4, 0.5) is 10.1 Å². The van der Waals surface area contributed by atoms with E-state index in [1.54, 1.807) is 11.9 Å². The summed E-state index contributed by atoms with van der Waals surface area (Å²) >= 11 is 0. The van der Waals surface area contributed by atoms with Gasteiger partial charge in [-0.05, 0) is 25.2 Å². The van der Waals surface area contributed by atoms with Crippen LogP contribution >= 0.6 is 0 Å². The minimum atomic E-state index is -1.10. The molecule has 1 aromatic carbocycles. The van der Waals surface area contributed by atoms with Crippen LogP contribution in [0.3, 0.4) is 0 Å². The van der Waals surface area contributed by atoms with Gasteiger partial charge < -0.3 is 5.11 Å². The zero-order valence-corrected chi connectivity index (χ0v) is 9.84. The van der Waals surface area contributed by atoms with Crippen molar-refractivity contribution in [2.45, 2.75) is 6.04 Å². The van der Waals surface area contributed by atoms with Gasteiger partial charge in [-0.3, -0.25) is 14.6 Å². The number of carboxylic acids is 1. The number of hydrogen-bond acceptors (Lipinski definition) is 3. The van der Waals surface area contributed by atoms with Crippen molar-refractivity contribution in [1.29, 1.82) is 0 Å². The van der Waals surface area contributed by atoms with Gasteiger partial charge in [0.2, 0.25) is 5.91 Å². The van der Waals surface area contributed by atoms with Gasteiger partial charge in [-0.1, -0.05) is 6.07 Å². The second kappa shape index (κ2) is 4.73. The molecule has 6 heteroatoms. The van der Waals surface area contributed by atoms with Crippen molar-refractivity contribution in [1.82, 2.24) is 4.90 Å². The average Bonchev–Trinajstić information content (AvgIpc) is 2.27. The Morgan fingerprint density at radius 3 is 2.83 bits per heavy atom. The zero-order chi connectivity index (χ0) is 13.3. The third-order valence-corrected chi connectivity index (χ3v) is 2.84. The Bertz CT molecular complexity index is 492.